The van der Waals surface area contributed by atoms with E-state index in [0.29, 0.717) is 37.5 Å². The van der Waals surface area contributed by atoms with Gasteiger partial charge in [-0.1, -0.05) is 33.6 Å². The first kappa shape index (κ1) is 71.7. The second kappa shape index (κ2) is 30.5. The van der Waals surface area contributed by atoms with Crippen molar-refractivity contribution in [3.63, 3.8) is 0 Å². The predicted octanol–water partition coefficient (Wildman–Crippen LogP) is -1.82. The summed E-state index contributed by atoms with van der Waals surface area (Å²) in [7, 11) is 11.5. The number of esters is 9. The number of hydrogen-bond acceptors (Lipinski definition) is 30. The first-order chi connectivity index (χ1) is 37.4. The van der Waals surface area contributed by atoms with Crippen molar-refractivity contribution in [3.8, 4) is 0 Å². The molecule has 3 rings (SSSR count). The van der Waals surface area contributed by atoms with Crippen molar-refractivity contribution in [1.82, 2.24) is 0 Å². The van der Waals surface area contributed by atoms with Crippen LogP contribution in [0.15, 0.2) is 34.9 Å². The Morgan fingerprint density at radius 2 is 0.863 bits per heavy atom. The highest BCUT2D eigenvalue weighted by molar-refractivity contribution is 6.07. The maximum absolute atomic E-state index is 12.6. The van der Waals surface area contributed by atoms with Gasteiger partial charge in [0.25, 0.3) is 0 Å². The molecule has 30 heteroatoms. The standard InChI is InChI=1S/C18H26O10.2C16H24O10/c1-7-8-11(19)13-14(28-17(2,3)27-13)18(23,16(22)26-6)10(15(21)25-5)9-12(20)24-4;2*1-6-7-15(25-5)11(18)12(19)16(26-15,14(21)24-4)9(13(20)23-3)8-10(17)22-2/h9,13-14,23H,7-8H2,1-6H3;2*8,11-12,18-19H,6-7H2,1-5H3/b10-9+;2*9-8+/t13-,14+,18-;11-,12-,15+,16+;11-,12-,15-,16+/m011/s1. The first-order valence-corrected chi connectivity index (χ1v) is 24.1. The molecule has 0 spiro atoms. The van der Waals surface area contributed by atoms with Crippen LogP contribution < -0.4 is 0 Å². The number of rotatable bonds is 22. The van der Waals surface area contributed by atoms with Gasteiger partial charge < -0.3 is 96.6 Å². The highest BCUT2D eigenvalue weighted by Gasteiger charge is 2.71. The molecule has 0 aliphatic carbocycles. The third kappa shape index (κ3) is 14.6. The van der Waals surface area contributed by atoms with Gasteiger partial charge in [0, 0.05) is 51.7 Å². The molecule has 0 unspecified atom stereocenters. The van der Waals surface area contributed by atoms with Gasteiger partial charge in [-0.15, -0.1) is 0 Å². The third-order valence-electron chi connectivity index (χ3n) is 12.5. The van der Waals surface area contributed by atoms with Gasteiger partial charge in [0.05, 0.1) is 80.7 Å². The molecule has 0 radical (unpaired) electrons. The van der Waals surface area contributed by atoms with Crippen molar-refractivity contribution in [2.45, 2.75) is 144 Å². The maximum Gasteiger partial charge on any atom is 0.346 e. The van der Waals surface area contributed by atoms with E-state index in [1.807, 2.05) is 0 Å². The monoisotopic (exact) mass is 1150 g/mol. The Balaban J connectivity index is 0.000000601. The number of carbonyl (C=O) groups excluding carboxylic acids is 10. The van der Waals surface area contributed by atoms with Crippen LogP contribution in [0.2, 0.25) is 0 Å². The third-order valence-corrected chi connectivity index (χ3v) is 12.5. The maximum atomic E-state index is 12.6. The molecule has 80 heavy (non-hydrogen) atoms. The lowest BCUT2D eigenvalue weighted by Gasteiger charge is -2.33. The van der Waals surface area contributed by atoms with Crippen LogP contribution in [0, 0.1) is 0 Å². The molecule has 3 aliphatic heterocycles. The lowest BCUT2D eigenvalue weighted by Crippen LogP contribution is -2.59. The Labute approximate surface area is 460 Å². The number of Topliss-reactive ketones (excluding diaryl/α,β-unsaturated/α-hetero) is 1. The molecule has 0 aromatic rings. The Morgan fingerprint density at radius 1 is 0.487 bits per heavy atom. The second-order valence-corrected chi connectivity index (χ2v) is 17.6. The molecule has 11 atom stereocenters. The largest absolute Gasteiger partial charge is 0.467 e. The summed E-state index contributed by atoms with van der Waals surface area (Å²) in [6.07, 6.45) is -7.05. The summed E-state index contributed by atoms with van der Waals surface area (Å²) in [5.41, 5.74) is -10.2. The lowest BCUT2D eigenvalue weighted by molar-refractivity contribution is -0.262. The zero-order valence-electron chi connectivity index (χ0n) is 47.4. The zero-order chi connectivity index (χ0) is 61.9. The smallest absolute Gasteiger partial charge is 0.346 e. The van der Waals surface area contributed by atoms with E-state index in [1.54, 1.807) is 20.8 Å². The quantitative estimate of drug-likeness (QED) is 0.0453. The molecule has 454 valence electrons. The van der Waals surface area contributed by atoms with Crippen LogP contribution >= 0.6 is 0 Å². The Morgan fingerprint density at radius 3 is 1.16 bits per heavy atom. The molecule has 0 bridgehead atoms. The lowest BCUT2D eigenvalue weighted by atomic mass is 9.82. The summed E-state index contributed by atoms with van der Waals surface area (Å²) in [5, 5.41) is 53.6. The van der Waals surface area contributed by atoms with Crippen molar-refractivity contribution >= 4 is 59.5 Å². The number of carbonyl (C=O) groups is 10. The minimum atomic E-state index is -2.88. The molecule has 3 saturated heterocycles. The molecule has 3 heterocycles. The van der Waals surface area contributed by atoms with Gasteiger partial charge in [-0.25, -0.2) is 43.2 Å². The fraction of sp³-hybridized carbons (Fsp3) is 0.680. The number of ether oxygens (including phenoxy) is 15. The van der Waals surface area contributed by atoms with Crippen LogP contribution in [0.3, 0.4) is 0 Å². The number of aliphatic hydroxyl groups excluding tert-OH is 4. The minimum Gasteiger partial charge on any atom is -0.467 e. The Hall–Kier alpha value is -6.32. The fourth-order valence-electron chi connectivity index (χ4n) is 8.66. The minimum absolute atomic E-state index is 0.0755. The van der Waals surface area contributed by atoms with E-state index in [2.05, 4.69) is 42.6 Å². The topological polar surface area (TPSA) is 410 Å². The van der Waals surface area contributed by atoms with Gasteiger partial charge in [0.1, 0.15) is 36.6 Å². The van der Waals surface area contributed by atoms with Crippen LogP contribution in [-0.4, -0.2) is 234 Å². The Kier molecular flexibility index (Phi) is 27.3. The van der Waals surface area contributed by atoms with E-state index in [9.17, 15) is 73.5 Å². The molecule has 3 aliphatic rings. The molecule has 0 aromatic carbocycles. The molecule has 3 fully saturated rings. The average Bonchev–Trinajstić information content (AvgIpc) is 4.00. The van der Waals surface area contributed by atoms with Gasteiger partial charge in [0.15, 0.2) is 23.1 Å². The zero-order valence-corrected chi connectivity index (χ0v) is 47.4. The summed E-state index contributed by atoms with van der Waals surface area (Å²) in [4.78, 5) is 122. The molecular formula is C50H74O30. The van der Waals surface area contributed by atoms with E-state index in [1.165, 1.54) is 28.1 Å². The number of hydrogen-bond donors (Lipinski definition) is 5. The molecule has 0 amide bonds. The average molecular weight is 1160 g/mol. The van der Waals surface area contributed by atoms with Crippen LogP contribution in [0.5, 0.6) is 0 Å². The second-order valence-electron chi connectivity index (χ2n) is 17.6. The van der Waals surface area contributed by atoms with E-state index >= 15 is 0 Å². The van der Waals surface area contributed by atoms with E-state index in [0.717, 1.165) is 64.0 Å². The van der Waals surface area contributed by atoms with Crippen molar-refractivity contribution in [1.29, 1.82) is 0 Å². The molecule has 0 aromatic heterocycles. The summed E-state index contributed by atoms with van der Waals surface area (Å²) in [5.74, 6) is -15.8. The van der Waals surface area contributed by atoms with Gasteiger partial charge in [-0.05, 0) is 20.3 Å². The van der Waals surface area contributed by atoms with Crippen LogP contribution in [0.1, 0.15) is 73.1 Å². The van der Waals surface area contributed by atoms with Crippen molar-refractivity contribution in [2.24, 2.45) is 0 Å². The normalized spacial score (nSPS) is 28.6. The van der Waals surface area contributed by atoms with Crippen LogP contribution in [0.25, 0.3) is 0 Å². The number of methoxy groups -OCH3 is 11. The Bertz CT molecular complexity index is 2240. The fourth-order valence-corrected chi connectivity index (χ4v) is 8.66. The first-order valence-electron chi connectivity index (χ1n) is 24.1. The summed E-state index contributed by atoms with van der Waals surface area (Å²) in [6, 6.07) is 0. The van der Waals surface area contributed by atoms with Gasteiger partial charge in [-0.2, -0.15) is 0 Å². The highest BCUT2D eigenvalue weighted by atomic mass is 16.8. The molecule has 5 N–H and O–H groups in total. The summed E-state index contributed by atoms with van der Waals surface area (Å²) >= 11 is 0. The van der Waals surface area contributed by atoms with E-state index in [4.69, 9.17) is 28.4 Å². The van der Waals surface area contributed by atoms with Crippen molar-refractivity contribution in [3.05, 3.63) is 34.9 Å². The van der Waals surface area contributed by atoms with Crippen molar-refractivity contribution in [2.75, 3.05) is 78.2 Å². The van der Waals surface area contributed by atoms with E-state index in [-0.39, 0.29) is 19.3 Å². The van der Waals surface area contributed by atoms with Gasteiger partial charge in [-0.3, -0.25) is 4.79 Å². The molecule has 0 saturated carbocycles. The highest BCUT2D eigenvalue weighted by Crippen LogP contribution is 2.48. The van der Waals surface area contributed by atoms with E-state index < -0.39 is 147 Å². The summed E-state index contributed by atoms with van der Waals surface area (Å²) in [6.45, 7) is 8.22. The predicted molar refractivity (Wildman–Crippen MR) is 262 cm³/mol. The van der Waals surface area contributed by atoms with Gasteiger partial charge >= 0.3 is 53.7 Å². The molecular weight excluding hydrogens is 1080 g/mol. The van der Waals surface area contributed by atoms with Crippen molar-refractivity contribution < 1.29 is 145 Å². The molecule has 30 nitrogen and oxygen atoms in total. The van der Waals surface area contributed by atoms with Crippen LogP contribution in [-0.2, 0) is 119 Å². The van der Waals surface area contributed by atoms with Crippen LogP contribution in [0.4, 0.5) is 0 Å². The number of ketones is 1. The van der Waals surface area contributed by atoms with Gasteiger partial charge in [0.2, 0.25) is 16.8 Å². The number of aliphatic hydroxyl groups is 5. The SMILES string of the molecule is CCCC(=O)[C@@H]1OC(C)(C)O[C@H]1[C@](O)(C(=O)OC)/C(=C/C(=O)OC)C(=O)OC.CCC[C@@]1(OC)O[C@@](C(=O)OC)(/C(=C/C(=O)OC)C(=O)OC)[C@H](O)[C@H]1O.CCC[C@]1(OC)O[C@@](C(=O)OC)(/C(=C/C(=O)OC)C(=O)OC)[C@H](O)[C@H]1O. The summed E-state index contributed by atoms with van der Waals surface area (Å²) < 4.78 is 74.2.